The summed E-state index contributed by atoms with van der Waals surface area (Å²) in [4.78, 5) is 11.2. The summed E-state index contributed by atoms with van der Waals surface area (Å²) in [6.07, 6.45) is 0.799. The lowest BCUT2D eigenvalue weighted by Gasteiger charge is -2.31. The zero-order valence-corrected chi connectivity index (χ0v) is 9.27. The third-order valence-corrected chi connectivity index (χ3v) is 2.65. The molecule has 1 rings (SSSR count). The predicted molar refractivity (Wildman–Crippen MR) is 56.2 cm³/mol. The minimum Gasteiger partial charge on any atom is -0.384 e. The van der Waals surface area contributed by atoms with E-state index in [1.54, 1.807) is 0 Å². The van der Waals surface area contributed by atoms with Crippen LogP contribution in [-0.4, -0.2) is 41.9 Å². The van der Waals surface area contributed by atoms with Crippen LogP contribution in [0.1, 0.15) is 26.7 Å². The molecule has 0 aliphatic carbocycles. The molecule has 5 heteroatoms. The Morgan fingerprint density at radius 1 is 1.53 bits per heavy atom. The highest BCUT2D eigenvalue weighted by Gasteiger charge is 2.25. The summed E-state index contributed by atoms with van der Waals surface area (Å²) >= 11 is 0. The molecule has 0 saturated carbocycles. The number of hydrogen-bond donors (Lipinski definition) is 3. The van der Waals surface area contributed by atoms with Crippen molar-refractivity contribution in [3.05, 3.63) is 0 Å². The van der Waals surface area contributed by atoms with E-state index in [0.29, 0.717) is 6.61 Å². The lowest BCUT2D eigenvalue weighted by Crippen LogP contribution is -2.49. The van der Waals surface area contributed by atoms with Gasteiger partial charge in [0.2, 0.25) is 5.91 Å². The van der Waals surface area contributed by atoms with Gasteiger partial charge >= 0.3 is 0 Å². The third kappa shape index (κ3) is 3.77. The number of rotatable bonds is 3. The molecule has 0 aromatic heterocycles. The Labute approximate surface area is 90.0 Å². The highest BCUT2D eigenvalue weighted by atomic mass is 16.5. The Kier molecular flexibility index (Phi) is 4.50. The van der Waals surface area contributed by atoms with Crippen molar-refractivity contribution in [1.82, 2.24) is 5.32 Å². The van der Waals surface area contributed by atoms with E-state index >= 15 is 0 Å². The SMILES string of the molecule is CC(O)C(=O)N[C@@H](C)[C@@H]1CC[C@@H](N)CO1. The van der Waals surface area contributed by atoms with E-state index in [1.807, 2.05) is 6.92 Å². The number of nitrogens with one attached hydrogen (secondary N) is 1. The number of amides is 1. The molecular formula is C10H20N2O3. The van der Waals surface area contributed by atoms with Gasteiger partial charge in [0.05, 0.1) is 18.8 Å². The van der Waals surface area contributed by atoms with Crippen LogP contribution in [0.4, 0.5) is 0 Å². The largest absolute Gasteiger partial charge is 0.384 e. The van der Waals surface area contributed by atoms with E-state index in [-0.39, 0.29) is 24.1 Å². The smallest absolute Gasteiger partial charge is 0.248 e. The zero-order valence-electron chi connectivity index (χ0n) is 9.27. The maximum absolute atomic E-state index is 11.2. The Morgan fingerprint density at radius 2 is 2.20 bits per heavy atom. The number of aliphatic hydroxyl groups is 1. The fourth-order valence-corrected chi connectivity index (χ4v) is 1.62. The molecular weight excluding hydrogens is 196 g/mol. The van der Waals surface area contributed by atoms with Gasteiger partial charge in [-0.3, -0.25) is 4.79 Å². The summed E-state index contributed by atoms with van der Waals surface area (Å²) in [5.41, 5.74) is 5.69. The zero-order chi connectivity index (χ0) is 11.4. The van der Waals surface area contributed by atoms with Gasteiger partial charge in [0.25, 0.3) is 0 Å². The molecule has 1 heterocycles. The van der Waals surface area contributed by atoms with Gasteiger partial charge in [-0.2, -0.15) is 0 Å². The predicted octanol–water partition coefficient (Wildman–Crippen LogP) is -0.622. The van der Waals surface area contributed by atoms with E-state index in [0.717, 1.165) is 12.8 Å². The van der Waals surface area contributed by atoms with Crippen molar-refractivity contribution in [3.63, 3.8) is 0 Å². The highest BCUT2D eigenvalue weighted by molar-refractivity contribution is 5.80. The second kappa shape index (κ2) is 5.44. The van der Waals surface area contributed by atoms with Crippen LogP contribution in [0.3, 0.4) is 0 Å². The Bertz CT molecular complexity index is 213. The summed E-state index contributed by atoms with van der Waals surface area (Å²) in [6, 6.07) is 0.0283. The van der Waals surface area contributed by atoms with Crippen LogP contribution >= 0.6 is 0 Å². The second-order valence-electron chi connectivity index (χ2n) is 4.18. The molecule has 0 spiro atoms. The molecule has 1 saturated heterocycles. The number of ether oxygens (including phenoxy) is 1. The van der Waals surface area contributed by atoms with Gasteiger partial charge in [-0.25, -0.2) is 0 Å². The van der Waals surface area contributed by atoms with Gasteiger partial charge in [0.15, 0.2) is 0 Å². The first-order chi connectivity index (χ1) is 7.00. The molecule has 4 N–H and O–H groups in total. The maximum Gasteiger partial charge on any atom is 0.248 e. The van der Waals surface area contributed by atoms with Crippen molar-refractivity contribution in [2.45, 2.75) is 51.0 Å². The van der Waals surface area contributed by atoms with Crippen molar-refractivity contribution >= 4 is 5.91 Å². The lowest BCUT2D eigenvalue weighted by atomic mass is 10.0. The molecule has 1 amide bonds. The van der Waals surface area contributed by atoms with Crippen LogP contribution in [0.2, 0.25) is 0 Å². The van der Waals surface area contributed by atoms with E-state index in [4.69, 9.17) is 15.6 Å². The van der Waals surface area contributed by atoms with Crippen LogP contribution in [0.15, 0.2) is 0 Å². The molecule has 0 bridgehead atoms. The van der Waals surface area contributed by atoms with Gasteiger partial charge in [0, 0.05) is 6.04 Å². The number of hydrogen-bond acceptors (Lipinski definition) is 4. The van der Waals surface area contributed by atoms with Crippen LogP contribution in [0.5, 0.6) is 0 Å². The number of aliphatic hydroxyl groups excluding tert-OH is 1. The normalized spacial score (nSPS) is 30.7. The van der Waals surface area contributed by atoms with Gasteiger partial charge in [0.1, 0.15) is 6.10 Å². The molecule has 1 aliphatic rings. The molecule has 0 aromatic rings. The van der Waals surface area contributed by atoms with Crippen molar-refractivity contribution in [1.29, 1.82) is 0 Å². The lowest BCUT2D eigenvalue weighted by molar-refractivity contribution is -0.130. The van der Waals surface area contributed by atoms with E-state index in [9.17, 15) is 4.79 Å². The fraction of sp³-hybridized carbons (Fsp3) is 0.900. The van der Waals surface area contributed by atoms with Crippen LogP contribution in [0, 0.1) is 0 Å². The monoisotopic (exact) mass is 216 g/mol. The molecule has 1 unspecified atom stereocenters. The third-order valence-electron chi connectivity index (χ3n) is 2.65. The minimum atomic E-state index is -0.974. The minimum absolute atomic E-state index is 0.00694. The average Bonchev–Trinajstić information content (AvgIpc) is 2.18. The highest BCUT2D eigenvalue weighted by Crippen LogP contribution is 2.15. The van der Waals surface area contributed by atoms with E-state index in [2.05, 4.69) is 5.32 Å². The first-order valence-corrected chi connectivity index (χ1v) is 5.36. The fourth-order valence-electron chi connectivity index (χ4n) is 1.62. The Hall–Kier alpha value is -0.650. The summed E-state index contributed by atoms with van der Waals surface area (Å²) in [5.74, 6) is -0.360. The van der Waals surface area contributed by atoms with Crippen molar-refractivity contribution in [2.75, 3.05) is 6.61 Å². The molecule has 15 heavy (non-hydrogen) atoms. The summed E-state index contributed by atoms with van der Waals surface area (Å²) in [5, 5.41) is 11.7. The van der Waals surface area contributed by atoms with Gasteiger partial charge in [-0.1, -0.05) is 0 Å². The van der Waals surface area contributed by atoms with Crippen molar-refractivity contribution in [3.8, 4) is 0 Å². The molecule has 4 atom stereocenters. The Morgan fingerprint density at radius 3 is 2.67 bits per heavy atom. The first kappa shape index (κ1) is 12.4. The summed E-state index contributed by atoms with van der Waals surface area (Å²) in [7, 11) is 0. The quantitative estimate of drug-likeness (QED) is 0.587. The van der Waals surface area contributed by atoms with Crippen LogP contribution < -0.4 is 11.1 Å². The molecule has 5 nitrogen and oxygen atoms in total. The topological polar surface area (TPSA) is 84.6 Å². The molecule has 0 radical (unpaired) electrons. The van der Waals surface area contributed by atoms with E-state index < -0.39 is 6.10 Å². The van der Waals surface area contributed by atoms with Crippen molar-refractivity contribution < 1.29 is 14.6 Å². The number of carbonyl (C=O) groups excluding carboxylic acids is 1. The standard InChI is InChI=1S/C10H20N2O3/c1-6(12-10(14)7(2)13)9-4-3-8(11)5-15-9/h6-9,13H,3-5,11H2,1-2H3,(H,12,14)/t6-,7?,8+,9-/m0/s1. The van der Waals surface area contributed by atoms with Gasteiger partial charge in [-0.05, 0) is 26.7 Å². The summed E-state index contributed by atoms with van der Waals surface area (Å²) in [6.45, 7) is 3.86. The van der Waals surface area contributed by atoms with Gasteiger partial charge < -0.3 is 20.9 Å². The Balaban J connectivity index is 2.34. The molecule has 88 valence electrons. The van der Waals surface area contributed by atoms with Crippen molar-refractivity contribution in [2.24, 2.45) is 5.73 Å². The summed E-state index contributed by atoms with van der Waals surface area (Å²) < 4.78 is 5.51. The average molecular weight is 216 g/mol. The first-order valence-electron chi connectivity index (χ1n) is 5.36. The second-order valence-corrected chi connectivity index (χ2v) is 4.18. The maximum atomic E-state index is 11.2. The van der Waals surface area contributed by atoms with Crippen LogP contribution in [-0.2, 0) is 9.53 Å². The molecule has 1 fully saturated rings. The molecule has 1 aliphatic heterocycles. The van der Waals surface area contributed by atoms with Crippen LogP contribution in [0.25, 0.3) is 0 Å². The number of carbonyl (C=O) groups is 1. The van der Waals surface area contributed by atoms with Gasteiger partial charge in [-0.15, -0.1) is 0 Å². The molecule has 0 aromatic carbocycles. The van der Waals surface area contributed by atoms with E-state index in [1.165, 1.54) is 6.92 Å². The number of nitrogens with two attached hydrogens (primary N) is 1.